The normalized spacial score (nSPS) is 17.0. The lowest BCUT2D eigenvalue weighted by Crippen LogP contribution is -2.37. The summed E-state index contributed by atoms with van der Waals surface area (Å²) in [6.45, 7) is 12.6. The standard InChI is InChI=1S/C22H33N3O2S/c1-6-10-24(11-7-2)18(26)13-25-14-23-20-19(21(25)27)16-9-8-15(22(3,4)5)12-17(16)28-20/h14-15H,6-13H2,1-5H3/t15-/m1/s1. The van der Waals surface area contributed by atoms with Gasteiger partial charge in [0.15, 0.2) is 0 Å². The predicted octanol–water partition coefficient (Wildman–Crippen LogP) is 4.26. The lowest BCUT2D eigenvalue weighted by molar-refractivity contribution is -0.132. The van der Waals surface area contributed by atoms with E-state index < -0.39 is 0 Å². The molecule has 0 radical (unpaired) electrons. The number of hydrogen-bond acceptors (Lipinski definition) is 4. The Morgan fingerprint density at radius 3 is 2.57 bits per heavy atom. The van der Waals surface area contributed by atoms with Gasteiger partial charge in [-0.15, -0.1) is 11.3 Å². The van der Waals surface area contributed by atoms with Crippen molar-refractivity contribution < 1.29 is 4.79 Å². The highest BCUT2D eigenvalue weighted by atomic mass is 32.1. The van der Waals surface area contributed by atoms with Gasteiger partial charge in [-0.1, -0.05) is 34.6 Å². The second kappa shape index (κ2) is 8.36. The fourth-order valence-corrected chi connectivity index (χ4v) is 5.46. The molecule has 0 aliphatic heterocycles. The van der Waals surface area contributed by atoms with Crippen LogP contribution < -0.4 is 5.56 Å². The Bertz CT molecular complexity index is 901. The van der Waals surface area contributed by atoms with Gasteiger partial charge in [0.05, 0.1) is 11.7 Å². The lowest BCUT2D eigenvalue weighted by Gasteiger charge is -2.33. The first-order valence-corrected chi connectivity index (χ1v) is 11.3. The average Bonchev–Trinajstić information content (AvgIpc) is 3.01. The summed E-state index contributed by atoms with van der Waals surface area (Å²) in [5, 5.41) is 0.750. The third-order valence-corrected chi connectivity index (χ3v) is 7.07. The zero-order valence-corrected chi connectivity index (χ0v) is 18.7. The van der Waals surface area contributed by atoms with Crippen molar-refractivity contribution >= 4 is 27.5 Å². The zero-order chi connectivity index (χ0) is 20.5. The van der Waals surface area contributed by atoms with Crippen LogP contribution >= 0.6 is 11.3 Å². The molecule has 2 aromatic rings. The van der Waals surface area contributed by atoms with Crippen LogP contribution in [0.15, 0.2) is 11.1 Å². The molecule has 0 fully saturated rings. The van der Waals surface area contributed by atoms with Crippen LogP contribution in [0.25, 0.3) is 10.2 Å². The van der Waals surface area contributed by atoms with E-state index in [1.54, 1.807) is 17.7 Å². The first kappa shape index (κ1) is 21.0. The second-order valence-electron chi connectivity index (χ2n) is 9.05. The first-order valence-electron chi connectivity index (χ1n) is 10.5. The molecule has 6 heteroatoms. The molecule has 5 nitrogen and oxygen atoms in total. The highest BCUT2D eigenvalue weighted by molar-refractivity contribution is 7.18. The van der Waals surface area contributed by atoms with E-state index in [0.29, 0.717) is 5.92 Å². The summed E-state index contributed by atoms with van der Waals surface area (Å²) in [7, 11) is 0. The molecule has 3 rings (SSSR count). The molecule has 0 unspecified atom stereocenters. The lowest BCUT2D eigenvalue weighted by atomic mass is 9.72. The third-order valence-electron chi connectivity index (χ3n) is 5.91. The highest BCUT2D eigenvalue weighted by Crippen LogP contribution is 2.41. The molecule has 2 heterocycles. The minimum absolute atomic E-state index is 0.00356. The summed E-state index contributed by atoms with van der Waals surface area (Å²) < 4.78 is 1.51. The van der Waals surface area contributed by atoms with Crippen molar-refractivity contribution in [3.63, 3.8) is 0 Å². The van der Waals surface area contributed by atoms with Crippen molar-refractivity contribution in [1.29, 1.82) is 0 Å². The maximum atomic E-state index is 13.2. The van der Waals surface area contributed by atoms with Gasteiger partial charge in [-0.25, -0.2) is 4.98 Å². The largest absolute Gasteiger partial charge is 0.341 e. The Hall–Kier alpha value is -1.69. The number of rotatable bonds is 6. The molecule has 154 valence electrons. The highest BCUT2D eigenvalue weighted by Gasteiger charge is 2.31. The maximum Gasteiger partial charge on any atom is 0.262 e. The first-order chi connectivity index (χ1) is 13.3. The molecule has 0 spiro atoms. The fraction of sp³-hybridized carbons (Fsp3) is 0.682. The van der Waals surface area contributed by atoms with E-state index in [2.05, 4.69) is 39.6 Å². The molecule has 28 heavy (non-hydrogen) atoms. The van der Waals surface area contributed by atoms with Gasteiger partial charge < -0.3 is 4.90 Å². The van der Waals surface area contributed by atoms with Crippen molar-refractivity contribution in [2.75, 3.05) is 13.1 Å². The van der Waals surface area contributed by atoms with Crippen LogP contribution in [0.2, 0.25) is 0 Å². The third kappa shape index (κ3) is 4.17. The Morgan fingerprint density at radius 2 is 1.96 bits per heavy atom. The van der Waals surface area contributed by atoms with E-state index in [4.69, 9.17) is 0 Å². The molecular formula is C22H33N3O2S. The molecule has 0 bridgehead atoms. The number of aryl methyl sites for hydroxylation is 1. The maximum absolute atomic E-state index is 13.2. The molecule has 1 aliphatic rings. The van der Waals surface area contributed by atoms with Crippen LogP contribution in [0.3, 0.4) is 0 Å². The van der Waals surface area contributed by atoms with E-state index in [1.807, 2.05) is 4.90 Å². The van der Waals surface area contributed by atoms with Gasteiger partial charge in [0, 0.05) is 18.0 Å². The monoisotopic (exact) mass is 403 g/mol. The Morgan fingerprint density at radius 1 is 1.29 bits per heavy atom. The van der Waals surface area contributed by atoms with Gasteiger partial charge in [0.25, 0.3) is 5.56 Å². The van der Waals surface area contributed by atoms with Crippen molar-refractivity contribution in [3.05, 3.63) is 27.1 Å². The van der Waals surface area contributed by atoms with E-state index in [-0.39, 0.29) is 23.4 Å². The molecule has 2 aromatic heterocycles. The van der Waals surface area contributed by atoms with Gasteiger partial charge in [-0.3, -0.25) is 14.2 Å². The van der Waals surface area contributed by atoms with Gasteiger partial charge in [0.1, 0.15) is 11.4 Å². The molecule has 1 atom stereocenters. The number of thiophene rings is 1. The van der Waals surface area contributed by atoms with Gasteiger partial charge in [-0.05, 0) is 49.0 Å². The topological polar surface area (TPSA) is 55.2 Å². The summed E-state index contributed by atoms with van der Waals surface area (Å²) >= 11 is 1.66. The Balaban J connectivity index is 1.90. The van der Waals surface area contributed by atoms with E-state index in [0.717, 1.165) is 55.4 Å². The van der Waals surface area contributed by atoms with Gasteiger partial charge in [-0.2, -0.15) is 0 Å². The predicted molar refractivity (Wildman–Crippen MR) is 116 cm³/mol. The summed E-state index contributed by atoms with van der Waals surface area (Å²) in [6, 6.07) is 0. The van der Waals surface area contributed by atoms with Crippen LogP contribution in [0.4, 0.5) is 0 Å². The molecule has 1 amide bonds. The number of amides is 1. The quantitative estimate of drug-likeness (QED) is 0.724. The smallest absolute Gasteiger partial charge is 0.262 e. The second-order valence-corrected chi connectivity index (χ2v) is 10.1. The summed E-state index contributed by atoms with van der Waals surface area (Å²) in [5.74, 6) is 0.636. The van der Waals surface area contributed by atoms with Crippen molar-refractivity contribution in [2.45, 2.75) is 73.3 Å². The van der Waals surface area contributed by atoms with Crippen molar-refractivity contribution in [1.82, 2.24) is 14.5 Å². The molecule has 0 N–H and O–H groups in total. The number of carbonyl (C=O) groups is 1. The van der Waals surface area contributed by atoms with E-state index in [1.165, 1.54) is 15.0 Å². The number of fused-ring (bicyclic) bond motifs is 3. The Labute approximate surface area is 171 Å². The minimum atomic E-state index is -0.0574. The van der Waals surface area contributed by atoms with Crippen LogP contribution in [0, 0.1) is 11.3 Å². The Kier molecular flexibility index (Phi) is 6.28. The number of aromatic nitrogens is 2. The van der Waals surface area contributed by atoms with Crippen molar-refractivity contribution in [2.24, 2.45) is 11.3 Å². The molecule has 0 saturated carbocycles. The summed E-state index contributed by atoms with van der Waals surface area (Å²) in [4.78, 5) is 34.4. The molecule has 1 aliphatic carbocycles. The molecule has 0 aromatic carbocycles. The number of nitrogens with zero attached hydrogens (tertiary/aromatic N) is 3. The van der Waals surface area contributed by atoms with Crippen LogP contribution in [0.1, 0.15) is 64.3 Å². The average molecular weight is 404 g/mol. The van der Waals surface area contributed by atoms with Crippen LogP contribution in [0.5, 0.6) is 0 Å². The molecular weight excluding hydrogens is 370 g/mol. The summed E-state index contributed by atoms with van der Waals surface area (Å²) in [5.41, 5.74) is 1.40. The van der Waals surface area contributed by atoms with E-state index in [9.17, 15) is 9.59 Å². The van der Waals surface area contributed by atoms with Crippen LogP contribution in [-0.2, 0) is 24.2 Å². The van der Waals surface area contributed by atoms with E-state index >= 15 is 0 Å². The number of carbonyl (C=O) groups excluding carboxylic acids is 1. The fourth-order valence-electron chi connectivity index (χ4n) is 4.20. The van der Waals surface area contributed by atoms with Crippen molar-refractivity contribution in [3.8, 4) is 0 Å². The number of hydrogen-bond donors (Lipinski definition) is 0. The summed E-state index contributed by atoms with van der Waals surface area (Å²) in [6.07, 6.45) is 6.47. The van der Waals surface area contributed by atoms with Gasteiger partial charge in [0.2, 0.25) is 5.91 Å². The molecule has 0 saturated heterocycles. The minimum Gasteiger partial charge on any atom is -0.341 e. The zero-order valence-electron chi connectivity index (χ0n) is 17.9. The SMILES string of the molecule is CCCN(CCC)C(=O)Cn1cnc2sc3c(c2c1=O)CC[C@@H](C(C)(C)C)C3. The van der Waals surface area contributed by atoms with Gasteiger partial charge >= 0.3 is 0 Å². The van der Waals surface area contributed by atoms with Crippen LogP contribution in [-0.4, -0.2) is 33.4 Å².